The van der Waals surface area contributed by atoms with Crippen molar-refractivity contribution < 1.29 is 18.9 Å². The van der Waals surface area contributed by atoms with Crippen molar-refractivity contribution in [2.75, 3.05) is 28.4 Å². The highest BCUT2D eigenvalue weighted by Crippen LogP contribution is 2.47. The normalized spacial score (nSPS) is 19.2. The van der Waals surface area contributed by atoms with Crippen LogP contribution in [0.4, 0.5) is 0 Å². The molecular formula is C28H30N6O4. The second-order valence-corrected chi connectivity index (χ2v) is 8.77. The summed E-state index contributed by atoms with van der Waals surface area (Å²) in [7, 11) is 6.48. The van der Waals surface area contributed by atoms with Crippen LogP contribution < -0.4 is 24.3 Å². The van der Waals surface area contributed by atoms with Crippen LogP contribution in [0.3, 0.4) is 0 Å². The van der Waals surface area contributed by atoms with Gasteiger partial charge < -0.3 is 18.9 Å². The van der Waals surface area contributed by atoms with Gasteiger partial charge in [-0.25, -0.2) is 19.9 Å². The van der Waals surface area contributed by atoms with Crippen molar-refractivity contribution >= 4 is 0 Å². The first-order valence-corrected chi connectivity index (χ1v) is 12.1. The molecule has 4 aromatic rings. The Morgan fingerprint density at radius 1 is 0.632 bits per heavy atom. The van der Waals surface area contributed by atoms with Crippen LogP contribution in [0, 0.1) is 0 Å². The van der Waals surface area contributed by atoms with E-state index in [1.54, 1.807) is 53.2 Å². The molecule has 5 heterocycles. The molecule has 1 unspecified atom stereocenters. The van der Waals surface area contributed by atoms with Crippen LogP contribution in [-0.2, 0) is 6.54 Å². The van der Waals surface area contributed by atoms with Crippen LogP contribution in [-0.4, -0.2) is 53.3 Å². The van der Waals surface area contributed by atoms with Gasteiger partial charge in [0.2, 0.25) is 23.5 Å². The third kappa shape index (κ3) is 5.22. The first-order chi connectivity index (χ1) is 18.6. The van der Waals surface area contributed by atoms with Gasteiger partial charge in [0.25, 0.3) is 0 Å². The van der Waals surface area contributed by atoms with Crippen molar-refractivity contribution in [3.05, 3.63) is 95.6 Å². The molecule has 0 radical (unpaired) electrons. The van der Waals surface area contributed by atoms with Gasteiger partial charge in [-0.2, -0.15) is 0 Å². The number of nitrogens with one attached hydrogen (secondary N) is 1. The van der Waals surface area contributed by atoms with Crippen molar-refractivity contribution in [2.45, 2.75) is 24.8 Å². The summed E-state index contributed by atoms with van der Waals surface area (Å²) in [6, 6.07) is 15.7. The van der Waals surface area contributed by atoms with Gasteiger partial charge in [-0.3, -0.25) is 10.2 Å². The largest absolute Gasteiger partial charge is 0.481 e. The van der Waals surface area contributed by atoms with E-state index in [4.69, 9.17) is 18.9 Å². The molecule has 1 aliphatic rings. The zero-order valence-corrected chi connectivity index (χ0v) is 21.7. The molecule has 1 fully saturated rings. The molecule has 4 aromatic heterocycles. The predicted octanol–water partition coefficient (Wildman–Crippen LogP) is 3.89. The molecule has 38 heavy (non-hydrogen) atoms. The van der Waals surface area contributed by atoms with E-state index in [1.165, 1.54) is 0 Å². The molecule has 1 saturated heterocycles. The van der Waals surface area contributed by atoms with Crippen molar-refractivity contribution in [1.29, 1.82) is 0 Å². The van der Waals surface area contributed by atoms with E-state index in [-0.39, 0.29) is 18.2 Å². The highest BCUT2D eigenvalue weighted by molar-refractivity contribution is 5.36. The number of ether oxygens (including phenoxy) is 4. The molecule has 0 amide bonds. The van der Waals surface area contributed by atoms with Crippen molar-refractivity contribution in [3.8, 4) is 23.5 Å². The third-order valence-corrected chi connectivity index (χ3v) is 6.64. The average Bonchev–Trinajstić information content (AvgIpc) is 3.36. The summed E-state index contributed by atoms with van der Waals surface area (Å²) in [4.78, 5) is 19.7. The van der Waals surface area contributed by atoms with Crippen LogP contribution in [0.15, 0.2) is 73.3 Å². The molecule has 0 saturated carbocycles. The maximum absolute atomic E-state index is 5.49. The Morgan fingerprint density at radius 3 is 1.71 bits per heavy atom. The fourth-order valence-corrected chi connectivity index (χ4v) is 4.88. The van der Waals surface area contributed by atoms with E-state index in [2.05, 4.69) is 30.2 Å². The van der Waals surface area contributed by atoms with Gasteiger partial charge in [0.15, 0.2) is 0 Å². The van der Waals surface area contributed by atoms with Crippen LogP contribution in [0.5, 0.6) is 23.5 Å². The van der Waals surface area contributed by atoms with E-state index in [0.717, 1.165) is 22.3 Å². The maximum Gasteiger partial charge on any atom is 0.213 e. The Balaban J connectivity index is 1.66. The van der Waals surface area contributed by atoms with E-state index in [0.29, 0.717) is 30.1 Å². The summed E-state index contributed by atoms with van der Waals surface area (Å²) in [6.45, 7) is 0.606. The molecule has 1 aliphatic heterocycles. The molecule has 0 bridgehead atoms. The Labute approximate surface area is 221 Å². The Morgan fingerprint density at radius 2 is 1.11 bits per heavy atom. The molecule has 0 spiro atoms. The predicted molar refractivity (Wildman–Crippen MR) is 140 cm³/mol. The number of methoxy groups -OCH3 is 4. The third-order valence-electron chi connectivity index (χ3n) is 6.64. The van der Waals surface area contributed by atoms with Crippen LogP contribution >= 0.6 is 0 Å². The minimum atomic E-state index is -0.181. The van der Waals surface area contributed by atoms with E-state index in [1.807, 2.05) is 48.5 Å². The lowest BCUT2D eigenvalue weighted by Crippen LogP contribution is -2.29. The Bertz CT molecular complexity index is 1390. The zero-order chi connectivity index (χ0) is 26.5. The average molecular weight is 515 g/mol. The molecule has 5 rings (SSSR count). The number of hydrogen-bond acceptors (Lipinski definition) is 10. The molecule has 10 nitrogen and oxygen atoms in total. The van der Waals surface area contributed by atoms with Crippen LogP contribution in [0.25, 0.3) is 0 Å². The van der Waals surface area contributed by atoms with Gasteiger partial charge in [-0.15, -0.1) is 0 Å². The monoisotopic (exact) mass is 514 g/mol. The standard InChI is InChI=1S/C28H30N6O4/c1-35-22-13-18(5-9-29-22)17-34-27(20-7-11-31-24(15-20)37-3)26(19-6-10-30-23(14-19)36-2)33-28(34)21-8-12-32-25(16-21)38-4/h5-16,26-28,33H,17H2,1-4H3/t26-,27-,28?/m0/s1. The van der Waals surface area contributed by atoms with Crippen molar-refractivity contribution in [2.24, 2.45) is 0 Å². The SMILES string of the molecule is COc1cc(CN2C(c3ccnc(OC)c3)N[C@@H](c3ccnc(OC)c3)[C@@H]2c2ccnc(OC)c2)ccn1. The molecular weight excluding hydrogens is 484 g/mol. The molecule has 10 heteroatoms. The number of aromatic nitrogens is 4. The lowest BCUT2D eigenvalue weighted by molar-refractivity contribution is 0.174. The minimum absolute atomic E-state index is 0.109. The van der Waals surface area contributed by atoms with Gasteiger partial charge in [-0.05, 0) is 46.5 Å². The van der Waals surface area contributed by atoms with Gasteiger partial charge in [0.1, 0.15) is 0 Å². The van der Waals surface area contributed by atoms with Crippen LogP contribution in [0.2, 0.25) is 0 Å². The zero-order valence-electron chi connectivity index (χ0n) is 21.7. The molecule has 0 aliphatic carbocycles. The highest BCUT2D eigenvalue weighted by Gasteiger charge is 2.43. The second kappa shape index (κ2) is 11.4. The molecule has 1 N–H and O–H groups in total. The summed E-state index contributed by atoms with van der Waals surface area (Å²) in [5.41, 5.74) is 4.17. The van der Waals surface area contributed by atoms with Gasteiger partial charge in [0, 0.05) is 55.6 Å². The van der Waals surface area contributed by atoms with Crippen molar-refractivity contribution in [1.82, 2.24) is 30.2 Å². The van der Waals surface area contributed by atoms with Gasteiger partial charge in [-0.1, -0.05) is 0 Å². The summed E-state index contributed by atoms with van der Waals surface area (Å²) in [6.07, 6.45) is 6.88. The first kappa shape index (κ1) is 25.4. The number of pyridine rings is 4. The number of nitrogens with zero attached hydrogens (tertiary/aromatic N) is 5. The summed E-state index contributed by atoms with van der Waals surface area (Å²) >= 11 is 0. The van der Waals surface area contributed by atoms with Crippen molar-refractivity contribution in [3.63, 3.8) is 0 Å². The highest BCUT2D eigenvalue weighted by atomic mass is 16.5. The van der Waals surface area contributed by atoms with Gasteiger partial charge in [0.05, 0.1) is 46.7 Å². The molecule has 0 aromatic carbocycles. The van der Waals surface area contributed by atoms with E-state index in [9.17, 15) is 0 Å². The number of rotatable bonds is 9. The summed E-state index contributed by atoms with van der Waals surface area (Å²) < 4.78 is 21.8. The topological polar surface area (TPSA) is 104 Å². The second-order valence-electron chi connectivity index (χ2n) is 8.77. The van der Waals surface area contributed by atoms with Crippen LogP contribution in [0.1, 0.15) is 40.5 Å². The number of hydrogen-bond donors (Lipinski definition) is 1. The maximum atomic E-state index is 5.49. The van der Waals surface area contributed by atoms with E-state index >= 15 is 0 Å². The summed E-state index contributed by atoms with van der Waals surface area (Å²) in [5, 5.41) is 3.86. The molecule has 196 valence electrons. The lowest BCUT2D eigenvalue weighted by atomic mass is 9.94. The quantitative estimate of drug-likeness (QED) is 0.354. The van der Waals surface area contributed by atoms with E-state index < -0.39 is 0 Å². The minimum Gasteiger partial charge on any atom is -0.481 e. The smallest absolute Gasteiger partial charge is 0.213 e. The van der Waals surface area contributed by atoms with Gasteiger partial charge >= 0.3 is 0 Å². The fourth-order valence-electron chi connectivity index (χ4n) is 4.88. The first-order valence-electron chi connectivity index (χ1n) is 12.1. The fraction of sp³-hybridized carbons (Fsp3) is 0.286. The molecule has 3 atom stereocenters. The lowest BCUT2D eigenvalue weighted by Gasteiger charge is -2.31. The summed E-state index contributed by atoms with van der Waals surface area (Å²) in [5.74, 6) is 2.21. The Kier molecular flexibility index (Phi) is 7.62. The Hall–Kier alpha value is -4.28.